The number of rotatable bonds is 9. The molecule has 196 valence electrons. The van der Waals surface area contributed by atoms with E-state index < -0.39 is 34.7 Å². The Kier molecular flexibility index (Phi) is 7.34. The smallest absolute Gasteiger partial charge is 0.343 e. The Balaban J connectivity index is 1.64. The predicted octanol–water partition coefficient (Wildman–Crippen LogP) is 4.46. The summed E-state index contributed by atoms with van der Waals surface area (Å²) < 4.78 is 10.5. The van der Waals surface area contributed by atoms with E-state index >= 15 is 0 Å². The van der Waals surface area contributed by atoms with Crippen LogP contribution in [-0.4, -0.2) is 47.2 Å². The first-order valence-electron chi connectivity index (χ1n) is 12.2. The molecule has 38 heavy (non-hydrogen) atoms. The van der Waals surface area contributed by atoms with Gasteiger partial charge < -0.3 is 9.15 Å². The van der Waals surface area contributed by atoms with Crippen molar-refractivity contribution in [1.82, 2.24) is 4.90 Å². The molecule has 10 heteroatoms. The number of amides is 2. The molecular weight excluding hydrogens is 490 g/mol. The second-order valence-electron chi connectivity index (χ2n) is 9.13. The molecule has 1 aliphatic rings. The van der Waals surface area contributed by atoms with Gasteiger partial charge in [-0.2, -0.15) is 10.2 Å². The third kappa shape index (κ3) is 4.77. The first kappa shape index (κ1) is 26.6. The molecular formula is C28H27N3O7. The van der Waals surface area contributed by atoms with Gasteiger partial charge in [-0.3, -0.25) is 19.3 Å². The van der Waals surface area contributed by atoms with E-state index in [1.165, 1.54) is 13.0 Å². The van der Waals surface area contributed by atoms with Crippen LogP contribution in [0.15, 0.2) is 61.9 Å². The highest BCUT2D eigenvalue weighted by molar-refractivity contribution is 6.21. The van der Waals surface area contributed by atoms with E-state index in [1.807, 2.05) is 0 Å². The molecule has 2 heterocycles. The third-order valence-electron chi connectivity index (χ3n) is 6.59. The van der Waals surface area contributed by atoms with Crippen LogP contribution >= 0.6 is 0 Å². The van der Waals surface area contributed by atoms with Crippen LogP contribution in [0, 0.1) is 13.8 Å². The number of carbonyl (C=O) groups excluding carboxylic acids is 4. The molecule has 0 saturated carbocycles. The van der Waals surface area contributed by atoms with E-state index in [0.717, 1.165) is 4.90 Å². The number of aryl methyl sites for hydroxylation is 2. The number of ether oxygens (including phenoxy) is 1. The molecule has 3 aromatic rings. The van der Waals surface area contributed by atoms with Gasteiger partial charge in [0.15, 0.2) is 5.78 Å². The molecule has 0 bridgehead atoms. The van der Waals surface area contributed by atoms with Crippen molar-refractivity contribution in [3.05, 3.63) is 75.1 Å². The van der Waals surface area contributed by atoms with Gasteiger partial charge in [-0.15, -0.1) is 0 Å². The predicted molar refractivity (Wildman–Crippen MR) is 138 cm³/mol. The molecule has 0 N–H and O–H groups in total. The normalized spacial score (nSPS) is 14.7. The minimum Gasteiger partial charge on any atom is -0.464 e. The van der Waals surface area contributed by atoms with Crippen LogP contribution in [0.5, 0.6) is 0 Å². The second kappa shape index (κ2) is 10.5. The first-order chi connectivity index (χ1) is 18.1. The Morgan fingerprint density at radius 3 is 2.26 bits per heavy atom. The Morgan fingerprint density at radius 1 is 1.00 bits per heavy atom. The van der Waals surface area contributed by atoms with E-state index in [4.69, 9.17) is 9.15 Å². The Labute approximate surface area is 218 Å². The lowest BCUT2D eigenvalue weighted by atomic mass is 9.90. The fourth-order valence-corrected chi connectivity index (χ4v) is 4.47. The van der Waals surface area contributed by atoms with Crippen molar-refractivity contribution in [2.75, 3.05) is 13.2 Å². The summed E-state index contributed by atoms with van der Waals surface area (Å²) >= 11 is 0. The SMILES string of the molecule is CCOC(=O)C(CCCN1C(=O)c2ccccc2C1=O)(N=Nc1cc2c(C)cc(=O)oc2cc1C)C(C)=O. The Bertz CT molecular complexity index is 1520. The maximum atomic E-state index is 13.1. The Hall–Kier alpha value is -4.47. The number of azo groups is 1. The van der Waals surface area contributed by atoms with Crippen LogP contribution in [-0.2, 0) is 14.3 Å². The number of imide groups is 1. The van der Waals surface area contributed by atoms with Crippen molar-refractivity contribution >= 4 is 40.2 Å². The molecule has 0 spiro atoms. The van der Waals surface area contributed by atoms with E-state index in [1.54, 1.807) is 57.2 Å². The van der Waals surface area contributed by atoms with Crippen LogP contribution in [0.25, 0.3) is 11.0 Å². The van der Waals surface area contributed by atoms with Crippen molar-refractivity contribution in [3.63, 3.8) is 0 Å². The lowest BCUT2D eigenvalue weighted by Crippen LogP contribution is -2.45. The molecule has 0 radical (unpaired) electrons. The maximum Gasteiger partial charge on any atom is 0.343 e. The molecule has 1 aromatic heterocycles. The van der Waals surface area contributed by atoms with Crippen LogP contribution in [0.1, 0.15) is 58.5 Å². The van der Waals surface area contributed by atoms with Crippen molar-refractivity contribution in [2.24, 2.45) is 10.2 Å². The van der Waals surface area contributed by atoms with Gasteiger partial charge in [0.05, 0.1) is 23.4 Å². The van der Waals surface area contributed by atoms with Crippen LogP contribution in [0.3, 0.4) is 0 Å². The summed E-state index contributed by atoms with van der Waals surface area (Å²) in [5.41, 5.74) is 0.255. The zero-order valence-corrected chi connectivity index (χ0v) is 21.6. The highest BCUT2D eigenvalue weighted by atomic mass is 16.5. The largest absolute Gasteiger partial charge is 0.464 e. The summed E-state index contributed by atoms with van der Waals surface area (Å²) in [6, 6.07) is 11.2. The molecule has 1 aliphatic heterocycles. The molecule has 2 aromatic carbocycles. The average molecular weight is 518 g/mol. The fourth-order valence-electron chi connectivity index (χ4n) is 4.47. The van der Waals surface area contributed by atoms with Gasteiger partial charge in [0.2, 0.25) is 5.54 Å². The molecule has 0 aliphatic carbocycles. The number of esters is 1. The van der Waals surface area contributed by atoms with Crippen molar-refractivity contribution in [3.8, 4) is 0 Å². The Morgan fingerprint density at radius 2 is 1.66 bits per heavy atom. The monoisotopic (exact) mass is 517 g/mol. The number of Topliss-reactive ketones (excluding diaryl/α,β-unsaturated/α-hetero) is 1. The first-order valence-corrected chi connectivity index (χ1v) is 12.2. The summed E-state index contributed by atoms with van der Waals surface area (Å²) in [6.07, 6.45) is -0.0115. The van der Waals surface area contributed by atoms with Crippen molar-refractivity contribution in [1.29, 1.82) is 0 Å². The quantitative estimate of drug-likeness (QED) is 0.134. The number of carbonyl (C=O) groups is 4. The molecule has 0 saturated heterocycles. The minimum atomic E-state index is -1.96. The zero-order valence-electron chi connectivity index (χ0n) is 21.6. The molecule has 1 atom stereocenters. The van der Waals surface area contributed by atoms with Gasteiger partial charge >= 0.3 is 11.6 Å². The number of hydrogen-bond donors (Lipinski definition) is 0. The number of ketones is 1. The van der Waals surface area contributed by atoms with Crippen molar-refractivity contribution < 1.29 is 28.3 Å². The highest BCUT2D eigenvalue weighted by Crippen LogP contribution is 2.31. The number of hydrogen-bond acceptors (Lipinski definition) is 9. The summed E-state index contributed by atoms with van der Waals surface area (Å²) in [5.74, 6) is -2.29. The van der Waals surface area contributed by atoms with Crippen LogP contribution < -0.4 is 5.63 Å². The van der Waals surface area contributed by atoms with E-state index in [9.17, 15) is 24.0 Å². The van der Waals surface area contributed by atoms with Gasteiger partial charge in [0.25, 0.3) is 11.8 Å². The van der Waals surface area contributed by atoms with Gasteiger partial charge in [0.1, 0.15) is 5.58 Å². The highest BCUT2D eigenvalue weighted by Gasteiger charge is 2.46. The summed E-state index contributed by atoms with van der Waals surface area (Å²) in [5, 5.41) is 9.12. The molecule has 1 unspecified atom stereocenters. The van der Waals surface area contributed by atoms with E-state index in [0.29, 0.717) is 38.9 Å². The fraction of sp³-hybridized carbons (Fsp3) is 0.321. The minimum absolute atomic E-state index is 0.0104. The van der Waals surface area contributed by atoms with Gasteiger partial charge in [0, 0.05) is 18.0 Å². The topological polar surface area (TPSA) is 136 Å². The summed E-state index contributed by atoms with van der Waals surface area (Å²) in [4.78, 5) is 64.2. The average Bonchev–Trinajstić information content (AvgIpc) is 3.11. The standard InChI is InChI=1S/C28H27N3O7/c1-5-37-27(36)28(18(4)32,11-8-12-31-25(34)19-9-6-7-10-20(19)26(31)35)30-29-22-15-21-16(2)14-24(33)38-23(21)13-17(22)3/h6-7,9-10,13-15H,5,8,11-12H2,1-4H3. The zero-order chi connectivity index (χ0) is 27.6. The lowest BCUT2D eigenvalue weighted by molar-refractivity contribution is -0.153. The van der Waals surface area contributed by atoms with Crippen LogP contribution in [0.2, 0.25) is 0 Å². The molecule has 4 rings (SSSR count). The van der Waals surface area contributed by atoms with Crippen LogP contribution in [0.4, 0.5) is 5.69 Å². The number of nitrogens with zero attached hydrogens (tertiary/aromatic N) is 3. The van der Waals surface area contributed by atoms with Gasteiger partial charge in [-0.25, -0.2) is 9.59 Å². The third-order valence-corrected chi connectivity index (χ3v) is 6.59. The summed E-state index contributed by atoms with van der Waals surface area (Å²) in [7, 11) is 0. The van der Waals surface area contributed by atoms with E-state index in [-0.39, 0.29) is 26.0 Å². The number of fused-ring (bicyclic) bond motifs is 2. The molecule has 2 amide bonds. The van der Waals surface area contributed by atoms with E-state index in [2.05, 4.69) is 10.2 Å². The van der Waals surface area contributed by atoms with Gasteiger partial charge in [-0.05, 0) is 75.9 Å². The molecule has 10 nitrogen and oxygen atoms in total. The maximum absolute atomic E-state index is 13.1. The van der Waals surface area contributed by atoms with Gasteiger partial charge in [-0.1, -0.05) is 12.1 Å². The number of benzene rings is 2. The molecule has 0 fully saturated rings. The van der Waals surface area contributed by atoms with Crippen molar-refractivity contribution in [2.45, 2.75) is 46.1 Å². The summed E-state index contributed by atoms with van der Waals surface area (Å²) in [6.45, 7) is 6.34. The lowest BCUT2D eigenvalue weighted by Gasteiger charge is -2.24. The second-order valence-corrected chi connectivity index (χ2v) is 9.13.